The second kappa shape index (κ2) is 5.40. The third-order valence-corrected chi connectivity index (χ3v) is 2.76. The van der Waals surface area contributed by atoms with Gasteiger partial charge in [0.1, 0.15) is 5.69 Å². The summed E-state index contributed by atoms with van der Waals surface area (Å²) < 4.78 is 1.58. The predicted octanol–water partition coefficient (Wildman–Crippen LogP) is 2.79. The Balaban J connectivity index is 2.55. The molecule has 1 aromatic carbocycles. The third-order valence-electron chi connectivity index (χ3n) is 2.76. The first-order chi connectivity index (χ1) is 9.49. The van der Waals surface area contributed by atoms with E-state index in [2.05, 4.69) is 0 Å². The molecule has 0 saturated carbocycles. The number of aryl methyl sites for hydroxylation is 1. The van der Waals surface area contributed by atoms with Crippen LogP contribution >= 0.6 is 0 Å². The van der Waals surface area contributed by atoms with Crippen LogP contribution in [0.2, 0.25) is 0 Å². The van der Waals surface area contributed by atoms with Crippen molar-refractivity contribution in [1.82, 2.24) is 4.57 Å². The van der Waals surface area contributed by atoms with Crippen LogP contribution in [0.5, 0.6) is 0 Å². The monoisotopic (exact) mass is 272 g/mol. The van der Waals surface area contributed by atoms with Gasteiger partial charge in [0.05, 0.1) is 4.92 Å². The summed E-state index contributed by atoms with van der Waals surface area (Å²) in [4.78, 5) is 21.2. The van der Waals surface area contributed by atoms with Gasteiger partial charge in [0, 0.05) is 24.0 Å². The molecule has 0 bridgehead atoms. The van der Waals surface area contributed by atoms with E-state index in [-0.39, 0.29) is 5.69 Å². The zero-order valence-corrected chi connectivity index (χ0v) is 10.7. The van der Waals surface area contributed by atoms with Gasteiger partial charge in [-0.3, -0.25) is 10.1 Å². The molecule has 2 aromatic rings. The number of carbonyl (C=O) groups is 1. The van der Waals surface area contributed by atoms with Crippen molar-refractivity contribution in [2.45, 2.75) is 6.92 Å². The molecule has 0 radical (unpaired) electrons. The molecule has 6 heteroatoms. The number of nitro groups is 1. The minimum Gasteiger partial charge on any atom is -0.478 e. The first-order valence-electron chi connectivity index (χ1n) is 5.83. The van der Waals surface area contributed by atoms with Gasteiger partial charge in [-0.1, -0.05) is 6.07 Å². The lowest BCUT2D eigenvalue weighted by molar-refractivity contribution is -0.384. The van der Waals surface area contributed by atoms with Crippen molar-refractivity contribution in [3.63, 3.8) is 0 Å². The lowest BCUT2D eigenvalue weighted by Gasteiger charge is -2.08. The molecule has 0 spiro atoms. The van der Waals surface area contributed by atoms with Crippen molar-refractivity contribution in [3.8, 4) is 5.69 Å². The SMILES string of the molecule is Cc1ccc(-n2cccc2/C=C/C(=O)O)c([N+](=O)[O-])c1. The van der Waals surface area contributed by atoms with Crippen molar-refractivity contribution in [1.29, 1.82) is 0 Å². The second-order valence-electron chi connectivity index (χ2n) is 4.22. The molecule has 6 nitrogen and oxygen atoms in total. The Morgan fingerprint density at radius 1 is 1.40 bits per heavy atom. The van der Waals surface area contributed by atoms with Gasteiger partial charge in [-0.25, -0.2) is 4.79 Å². The number of benzene rings is 1. The first-order valence-corrected chi connectivity index (χ1v) is 5.83. The lowest BCUT2D eigenvalue weighted by Crippen LogP contribution is -2.01. The minimum absolute atomic E-state index is 0.0221. The molecule has 1 N–H and O–H groups in total. The molecule has 0 atom stereocenters. The molecular weight excluding hydrogens is 260 g/mol. The highest BCUT2D eigenvalue weighted by Crippen LogP contribution is 2.26. The molecule has 0 unspecified atom stereocenters. The summed E-state index contributed by atoms with van der Waals surface area (Å²) in [5.74, 6) is -1.07. The number of aliphatic carboxylic acids is 1. The molecule has 0 aliphatic carbocycles. The van der Waals surface area contributed by atoms with Crippen LogP contribution < -0.4 is 0 Å². The number of hydrogen-bond donors (Lipinski definition) is 1. The number of rotatable bonds is 4. The molecule has 102 valence electrons. The van der Waals surface area contributed by atoms with Crippen LogP contribution in [-0.2, 0) is 4.79 Å². The van der Waals surface area contributed by atoms with Crippen molar-refractivity contribution < 1.29 is 14.8 Å². The predicted molar refractivity (Wildman–Crippen MR) is 73.8 cm³/mol. The molecule has 2 rings (SSSR count). The lowest BCUT2D eigenvalue weighted by atomic mass is 10.2. The quantitative estimate of drug-likeness (QED) is 0.527. The molecule has 0 amide bonds. The van der Waals surface area contributed by atoms with E-state index < -0.39 is 10.9 Å². The molecule has 1 heterocycles. The highest BCUT2D eigenvalue weighted by Gasteiger charge is 2.16. The summed E-state index contributed by atoms with van der Waals surface area (Å²) in [7, 11) is 0. The number of hydrogen-bond acceptors (Lipinski definition) is 3. The standard InChI is InChI=1S/C14H12N2O4/c1-10-4-6-12(13(9-10)16(19)20)15-8-2-3-11(15)5-7-14(17)18/h2-9H,1H3,(H,17,18)/b7-5+. The van der Waals surface area contributed by atoms with Gasteiger partial charge in [-0.2, -0.15) is 0 Å². The van der Waals surface area contributed by atoms with E-state index in [0.717, 1.165) is 11.6 Å². The highest BCUT2D eigenvalue weighted by molar-refractivity contribution is 5.85. The molecule has 1 aromatic heterocycles. The van der Waals surface area contributed by atoms with Gasteiger partial charge in [0.2, 0.25) is 0 Å². The van der Waals surface area contributed by atoms with E-state index in [0.29, 0.717) is 11.4 Å². The zero-order chi connectivity index (χ0) is 14.7. The number of carboxylic acids is 1. The van der Waals surface area contributed by atoms with Crippen LogP contribution in [0.3, 0.4) is 0 Å². The smallest absolute Gasteiger partial charge is 0.328 e. The normalized spacial score (nSPS) is 10.8. The van der Waals surface area contributed by atoms with Crippen LogP contribution in [0, 0.1) is 17.0 Å². The van der Waals surface area contributed by atoms with Gasteiger partial charge < -0.3 is 9.67 Å². The Morgan fingerprint density at radius 3 is 2.80 bits per heavy atom. The van der Waals surface area contributed by atoms with E-state index in [1.807, 2.05) is 0 Å². The van der Waals surface area contributed by atoms with Gasteiger partial charge >= 0.3 is 5.97 Å². The molecule has 0 aliphatic rings. The fourth-order valence-corrected chi connectivity index (χ4v) is 1.89. The molecule has 0 fully saturated rings. The van der Waals surface area contributed by atoms with Crippen LogP contribution in [0.1, 0.15) is 11.3 Å². The topological polar surface area (TPSA) is 85.4 Å². The van der Waals surface area contributed by atoms with E-state index in [9.17, 15) is 14.9 Å². The number of carboxylic acid groups (broad SMARTS) is 1. The summed E-state index contributed by atoms with van der Waals surface area (Å²) in [5, 5.41) is 19.8. The zero-order valence-electron chi connectivity index (χ0n) is 10.7. The fourth-order valence-electron chi connectivity index (χ4n) is 1.89. The van der Waals surface area contributed by atoms with Crippen LogP contribution in [0.4, 0.5) is 5.69 Å². The maximum atomic E-state index is 11.1. The van der Waals surface area contributed by atoms with Gasteiger partial charge in [-0.15, -0.1) is 0 Å². The van der Waals surface area contributed by atoms with E-state index in [1.165, 1.54) is 12.1 Å². The molecule has 0 aliphatic heterocycles. The molecule has 0 saturated heterocycles. The average Bonchev–Trinajstić information content (AvgIpc) is 2.84. The second-order valence-corrected chi connectivity index (χ2v) is 4.22. The van der Waals surface area contributed by atoms with Crippen LogP contribution in [0.15, 0.2) is 42.6 Å². The van der Waals surface area contributed by atoms with Crippen molar-refractivity contribution in [3.05, 3.63) is 64.0 Å². The molecule has 20 heavy (non-hydrogen) atoms. The summed E-state index contributed by atoms with van der Waals surface area (Å²) in [6.07, 6.45) is 4.04. The van der Waals surface area contributed by atoms with Crippen LogP contribution in [0.25, 0.3) is 11.8 Å². The van der Waals surface area contributed by atoms with Gasteiger partial charge in [0.15, 0.2) is 0 Å². The summed E-state index contributed by atoms with van der Waals surface area (Å²) in [5.41, 5.74) is 1.72. The van der Waals surface area contributed by atoms with Gasteiger partial charge in [0.25, 0.3) is 5.69 Å². The Hall–Kier alpha value is -2.89. The Bertz CT molecular complexity index is 701. The third kappa shape index (κ3) is 2.74. The van der Waals surface area contributed by atoms with Crippen molar-refractivity contribution in [2.24, 2.45) is 0 Å². The maximum absolute atomic E-state index is 11.1. The number of nitrogens with zero attached hydrogens (tertiary/aromatic N) is 2. The molecular formula is C14H12N2O4. The van der Waals surface area contributed by atoms with E-state index in [1.54, 1.807) is 42.0 Å². The largest absolute Gasteiger partial charge is 0.478 e. The van der Waals surface area contributed by atoms with Crippen molar-refractivity contribution in [2.75, 3.05) is 0 Å². The van der Waals surface area contributed by atoms with Crippen LogP contribution in [-0.4, -0.2) is 20.6 Å². The van der Waals surface area contributed by atoms with Gasteiger partial charge in [-0.05, 0) is 36.8 Å². The summed E-state index contributed by atoms with van der Waals surface area (Å²) in [6, 6.07) is 8.28. The summed E-state index contributed by atoms with van der Waals surface area (Å²) >= 11 is 0. The van der Waals surface area contributed by atoms with Crippen molar-refractivity contribution >= 4 is 17.7 Å². The first kappa shape index (κ1) is 13.5. The Labute approximate surface area is 114 Å². The number of nitro benzene ring substituents is 1. The van der Waals surface area contributed by atoms with E-state index >= 15 is 0 Å². The fraction of sp³-hybridized carbons (Fsp3) is 0.0714. The highest BCUT2D eigenvalue weighted by atomic mass is 16.6. The minimum atomic E-state index is -1.07. The Kier molecular flexibility index (Phi) is 3.65. The summed E-state index contributed by atoms with van der Waals surface area (Å²) in [6.45, 7) is 1.78. The van der Waals surface area contributed by atoms with E-state index in [4.69, 9.17) is 5.11 Å². The number of aromatic nitrogens is 1. The average molecular weight is 272 g/mol. The Morgan fingerprint density at radius 2 is 2.15 bits per heavy atom. The maximum Gasteiger partial charge on any atom is 0.328 e.